The van der Waals surface area contributed by atoms with Crippen molar-refractivity contribution in [3.05, 3.63) is 24.2 Å². The van der Waals surface area contributed by atoms with Crippen LogP contribution in [0.2, 0.25) is 0 Å². The number of piperidine rings is 1. The first kappa shape index (κ1) is 11.0. The van der Waals surface area contributed by atoms with E-state index in [0.717, 1.165) is 12.0 Å². The van der Waals surface area contributed by atoms with Crippen molar-refractivity contribution in [2.45, 2.75) is 50.6 Å². The summed E-state index contributed by atoms with van der Waals surface area (Å²) in [5.41, 5.74) is 1.01. The van der Waals surface area contributed by atoms with Gasteiger partial charge in [-0.3, -0.25) is 4.79 Å². The number of fused-ring (bicyclic) bond motifs is 2. The van der Waals surface area contributed by atoms with Crippen molar-refractivity contribution in [3.63, 3.8) is 0 Å². The van der Waals surface area contributed by atoms with Gasteiger partial charge >= 0.3 is 0 Å². The van der Waals surface area contributed by atoms with Crippen molar-refractivity contribution >= 4 is 5.78 Å². The minimum atomic E-state index is 0.359. The fraction of sp³-hybridized carbons (Fsp3) is 0.643. The highest BCUT2D eigenvalue weighted by molar-refractivity contribution is 5.81. The molecule has 2 unspecified atom stereocenters. The molecule has 2 aliphatic rings. The number of rotatable bonds is 4. The van der Waals surface area contributed by atoms with Gasteiger partial charge in [0.15, 0.2) is 0 Å². The molecule has 2 fully saturated rings. The lowest BCUT2D eigenvalue weighted by Gasteiger charge is -2.28. The maximum atomic E-state index is 12.0. The smallest absolute Gasteiger partial charge is 0.137 e. The van der Waals surface area contributed by atoms with Gasteiger partial charge in [-0.15, -0.1) is 0 Å². The maximum Gasteiger partial charge on any atom is 0.137 e. The predicted octanol–water partition coefficient (Wildman–Crippen LogP) is 2.31. The van der Waals surface area contributed by atoms with Crippen molar-refractivity contribution in [1.82, 2.24) is 5.32 Å². The van der Waals surface area contributed by atoms with E-state index in [1.165, 1.54) is 25.7 Å². The first-order chi connectivity index (χ1) is 8.29. The van der Waals surface area contributed by atoms with E-state index < -0.39 is 0 Å². The van der Waals surface area contributed by atoms with Gasteiger partial charge in [0, 0.05) is 24.9 Å². The minimum absolute atomic E-state index is 0.359. The molecule has 0 amide bonds. The summed E-state index contributed by atoms with van der Waals surface area (Å²) in [6.45, 7) is 0. The van der Waals surface area contributed by atoms with Crippen LogP contribution in [0.25, 0.3) is 0 Å². The topological polar surface area (TPSA) is 42.2 Å². The molecule has 0 spiro atoms. The number of Topliss-reactive ketones (excluding diaryl/α,β-unsaturated/α-hetero) is 1. The van der Waals surface area contributed by atoms with E-state index in [-0.39, 0.29) is 0 Å². The van der Waals surface area contributed by atoms with Crippen LogP contribution in [0.1, 0.15) is 37.7 Å². The molecule has 0 radical (unpaired) electrons. The van der Waals surface area contributed by atoms with Crippen LogP contribution in [0, 0.1) is 5.92 Å². The van der Waals surface area contributed by atoms with E-state index in [1.54, 1.807) is 12.5 Å². The van der Waals surface area contributed by atoms with Gasteiger partial charge in [0.25, 0.3) is 0 Å². The number of nitrogens with one attached hydrogen (secondary N) is 1. The zero-order chi connectivity index (χ0) is 11.7. The largest absolute Gasteiger partial charge is 0.472 e. The van der Waals surface area contributed by atoms with Crippen LogP contribution in [-0.4, -0.2) is 17.9 Å². The molecule has 2 saturated heterocycles. The summed E-state index contributed by atoms with van der Waals surface area (Å²) in [6, 6.07) is 3.24. The van der Waals surface area contributed by atoms with Crippen LogP contribution in [0.5, 0.6) is 0 Å². The van der Waals surface area contributed by atoms with E-state index in [9.17, 15) is 4.79 Å². The third-order valence-corrected chi connectivity index (χ3v) is 4.07. The summed E-state index contributed by atoms with van der Waals surface area (Å²) >= 11 is 0. The van der Waals surface area contributed by atoms with Crippen molar-refractivity contribution in [3.8, 4) is 0 Å². The highest BCUT2D eigenvalue weighted by Gasteiger charge is 2.33. The number of hydrogen-bond acceptors (Lipinski definition) is 3. The molecule has 1 aromatic heterocycles. The Kier molecular flexibility index (Phi) is 3.02. The highest BCUT2D eigenvalue weighted by atomic mass is 16.3. The van der Waals surface area contributed by atoms with Crippen LogP contribution in [0.15, 0.2) is 23.0 Å². The van der Waals surface area contributed by atoms with Crippen LogP contribution < -0.4 is 5.32 Å². The van der Waals surface area contributed by atoms with Gasteiger partial charge in [-0.25, -0.2) is 0 Å². The molecule has 2 bridgehead atoms. The Balaban J connectivity index is 1.51. The fourth-order valence-corrected chi connectivity index (χ4v) is 3.36. The summed E-state index contributed by atoms with van der Waals surface area (Å²) < 4.78 is 4.99. The second-order valence-corrected chi connectivity index (χ2v) is 5.53. The minimum Gasteiger partial charge on any atom is -0.472 e. The summed E-state index contributed by atoms with van der Waals surface area (Å²) in [5, 5.41) is 3.61. The van der Waals surface area contributed by atoms with Crippen molar-refractivity contribution in [2.75, 3.05) is 0 Å². The molecule has 92 valence electrons. The van der Waals surface area contributed by atoms with Crippen LogP contribution in [0.4, 0.5) is 0 Å². The molecule has 0 aliphatic carbocycles. The van der Waals surface area contributed by atoms with Crippen molar-refractivity contribution < 1.29 is 9.21 Å². The van der Waals surface area contributed by atoms with E-state index in [0.29, 0.717) is 30.2 Å². The molecular weight excluding hydrogens is 214 g/mol. The molecule has 0 saturated carbocycles. The molecule has 2 atom stereocenters. The molecule has 1 aromatic rings. The van der Waals surface area contributed by atoms with Gasteiger partial charge in [0.1, 0.15) is 5.78 Å². The first-order valence-corrected chi connectivity index (χ1v) is 6.58. The Bertz CT molecular complexity index is 373. The summed E-state index contributed by atoms with van der Waals surface area (Å²) in [7, 11) is 0. The molecule has 0 aromatic carbocycles. The molecule has 1 N–H and O–H groups in total. The van der Waals surface area contributed by atoms with Crippen molar-refractivity contribution in [2.24, 2.45) is 5.92 Å². The summed E-state index contributed by atoms with van der Waals surface area (Å²) in [4.78, 5) is 12.0. The van der Waals surface area contributed by atoms with Gasteiger partial charge in [0.05, 0.1) is 12.5 Å². The van der Waals surface area contributed by atoms with Gasteiger partial charge in [-0.1, -0.05) is 0 Å². The predicted molar refractivity (Wildman–Crippen MR) is 64.7 cm³/mol. The summed E-state index contributed by atoms with van der Waals surface area (Å²) in [5.74, 6) is 0.964. The van der Waals surface area contributed by atoms with E-state index in [1.807, 2.05) is 6.07 Å². The molecule has 3 rings (SSSR count). The zero-order valence-electron chi connectivity index (χ0n) is 10.0. The Labute approximate surface area is 102 Å². The van der Waals surface area contributed by atoms with Crippen LogP contribution >= 0.6 is 0 Å². The first-order valence-electron chi connectivity index (χ1n) is 6.58. The Morgan fingerprint density at radius 1 is 1.35 bits per heavy atom. The number of ketones is 1. The van der Waals surface area contributed by atoms with E-state index in [2.05, 4.69) is 5.32 Å². The molecule has 17 heavy (non-hydrogen) atoms. The Hall–Kier alpha value is -1.09. The molecular formula is C14H19NO2. The second kappa shape index (κ2) is 4.65. The number of furan rings is 1. The van der Waals surface area contributed by atoms with E-state index >= 15 is 0 Å². The number of carbonyl (C=O) groups is 1. The summed E-state index contributed by atoms with van der Waals surface area (Å²) in [6.07, 6.45) is 9.57. The van der Waals surface area contributed by atoms with E-state index in [4.69, 9.17) is 4.42 Å². The standard InChI is InChI=1S/C14H19NO2/c16-14(7-10-3-4-17-9-10)8-11-5-12-1-2-13(6-11)15-12/h3-4,9,11-13,15H,1-2,5-8H2. The van der Waals surface area contributed by atoms with Gasteiger partial charge in [0.2, 0.25) is 0 Å². The number of carbonyl (C=O) groups excluding carboxylic acids is 1. The van der Waals surface area contributed by atoms with Crippen molar-refractivity contribution in [1.29, 1.82) is 0 Å². The van der Waals surface area contributed by atoms with Crippen LogP contribution in [-0.2, 0) is 11.2 Å². The third-order valence-electron chi connectivity index (χ3n) is 4.07. The number of hydrogen-bond donors (Lipinski definition) is 1. The van der Waals surface area contributed by atoms with Gasteiger partial charge in [-0.05, 0) is 43.2 Å². The maximum absolute atomic E-state index is 12.0. The lowest BCUT2D eigenvalue weighted by molar-refractivity contribution is -0.119. The normalized spacial score (nSPS) is 31.6. The third kappa shape index (κ3) is 2.60. The lowest BCUT2D eigenvalue weighted by atomic mass is 9.87. The van der Waals surface area contributed by atoms with Gasteiger partial charge < -0.3 is 9.73 Å². The molecule has 3 nitrogen and oxygen atoms in total. The zero-order valence-corrected chi connectivity index (χ0v) is 10.0. The Morgan fingerprint density at radius 3 is 2.76 bits per heavy atom. The Morgan fingerprint density at radius 2 is 2.12 bits per heavy atom. The SMILES string of the molecule is O=C(Cc1ccoc1)CC1CC2CCC(C1)N2. The molecule has 3 heterocycles. The average Bonchev–Trinajstić information content (AvgIpc) is 2.89. The van der Waals surface area contributed by atoms with Crippen LogP contribution in [0.3, 0.4) is 0 Å². The molecule has 3 heteroatoms. The molecule has 2 aliphatic heterocycles. The quantitative estimate of drug-likeness (QED) is 0.867. The lowest BCUT2D eigenvalue weighted by Crippen LogP contribution is -2.38. The highest BCUT2D eigenvalue weighted by Crippen LogP contribution is 2.32. The average molecular weight is 233 g/mol. The van der Waals surface area contributed by atoms with Gasteiger partial charge in [-0.2, -0.15) is 0 Å². The fourth-order valence-electron chi connectivity index (χ4n) is 3.36. The monoisotopic (exact) mass is 233 g/mol. The second-order valence-electron chi connectivity index (χ2n) is 5.53.